The molecule has 3 N–H and O–H groups in total. The Kier molecular flexibility index (Phi) is 8.54. The van der Waals surface area contributed by atoms with Crippen LogP contribution in [0.25, 0.3) is 0 Å². The molecule has 1 aromatic heterocycles. The number of aryl methyl sites for hydroxylation is 1. The van der Waals surface area contributed by atoms with Gasteiger partial charge in [-0.2, -0.15) is 0 Å². The second-order valence-electron chi connectivity index (χ2n) is 9.26. The fourth-order valence-electron chi connectivity index (χ4n) is 3.70. The molecule has 1 aliphatic carbocycles. The summed E-state index contributed by atoms with van der Waals surface area (Å²) in [7, 11) is 3.46. The van der Waals surface area contributed by atoms with Gasteiger partial charge in [-0.1, -0.05) is 30.7 Å². The molecule has 1 fully saturated rings. The maximum Gasteiger partial charge on any atom is 0.259 e. The Bertz CT molecular complexity index is 1430. The first kappa shape index (κ1) is 27.8. The van der Waals surface area contributed by atoms with Crippen molar-refractivity contribution in [2.75, 3.05) is 23.6 Å². The van der Waals surface area contributed by atoms with Crippen LogP contribution in [0.5, 0.6) is 11.5 Å². The summed E-state index contributed by atoms with van der Waals surface area (Å²) in [5.74, 6) is -0.506. The molecule has 0 spiro atoms. The normalized spacial score (nSPS) is 12.9. The zero-order valence-electron chi connectivity index (χ0n) is 21.9. The topological polar surface area (TPSA) is 87.6 Å². The highest BCUT2D eigenvalue weighted by Gasteiger charge is 2.31. The smallest absolute Gasteiger partial charge is 0.259 e. The van der Waals surface area contributed by atoms with Crippen molar-refractivity contribution in [1.82, 2.24) is 14.2 Å². The lowest BCUT2D eigenvalue weighted by molar-refractivity contribution is 0.0948. The number of benzene rings is 2. The number of amides is 1. The number of nitrogens with one attached hydrogen (secondary N) is 3. The summed E-state index contributed by atoms with van der Waals surface area (Å²) in [6.07, 6.45) is 1.73. The van der Waals surface area contributed by atoms with E-state index in [0.29, 0.717) is 5.69 Å². The summed E-state index contributed by atoms with van der Waals surface area (Å²) in [4.78, 5) is 26.8. The van der Waals surface area contributed by atoms with Gasteiger partial charge in [0.2, 0.25) is 0 Å². The van der Waals surface area contributed by atoms with Crippen LogP contribution in [0.4, 0.5) is 21.6 Å². The van der Waals surface area contributed by atoms with E-state index < -0.39 is 17.3 Å². The fraction of sp³-hybridized carbons (Fsp3) is 0.333. The average molecular weight is 560 g/mol. The Morgan fingerprint density at radius 1 is 1.24 bits per heavy atom. The number of nitrogens with zero attached hydrogens (tertiary/aromatic N) is 2. The Labute approximate surface area is 230 Å². The lowest BCUT2D eigenvalue weighted by Gasteiger charge is -2.22. The Hall–Kier alpha value is -3.21. The molecule has 0 bridgehead atoms. The summed E-state index contributed by atoms with van der Waals surface area (Å²) >= 11 is 8.05. The van der Waals surface area contributed by atoms with E-state index in [1.54, 1.807) is 44.2 Å². The molecule has 2 aromatic carbocycles. The SMILES string of the molecule is CCN(C)SNc1cccc(Oc2c(C(=O)NC3CC3)c(Nc3ccc(C)cc3F)n(C)c(=O)c2C)c1Cl. The van der Waals surface area contributed by atoms with Crippen LogP contribution in [0.15, 0.2) is 41.2 Å². The molecule has 38 heavy (non-hydrogen) atoms. The molecule has 1 amide bonds. The minimum absolute atomic E-state index is 0.0422. The monoisotopic (exact) mass is 559 g/mol. The van der Waals surface area contributed by atoms with Crippen LogP contribution < -0.4 is 25.7 Å². The van der Waals surface area contributed by atoms with E-state index in [4.69, 9.17) is 16.3 Å². The first-order valence-electron chi connectivity index (χ1n) is 12.3. The molecule has 202 valence electrons. The molecule has 1 aliphatic rings. The third kappa shape index (κ3) is 6.09. The van der Waals surface area contributed by atoms with Crippen LogP contribution in [-0.2, 0) is 7.05 Å². The van der Waals surface area contributed by atoms with Gasteiger partial charge in [-0.25, -0.2) is 8.70 Å². The van der Waals surface area contributed by atoms with Gasteiger partial charge < -0.3 is 20.1 Å². The third-order valence-electron chi connectivity index (χ3n) is 6.21. The van der Waals surface area contributed by atoms with Gasteiger partial charge >= 0.3 is 0 Å². The number of halogens is 2. The van der Waals surface area contributed by atoms with Gasteiger partial charge in [-0.05, 0) is 63.6 Å². The molecule has 1 saturated carbocycles. The van der Waals surface area contributed by atoms with Crippen molar-refractivity contribution >= 4 is 46.8 Å². The molecule has 0 atom stereocenters. The highest BCUT2D eigenvalue weighted by atomic mass is 35.5. The van der Waals surface area contributed by atoms with Gasteiger partial charge in [0.25, 0.3) is 11.5 Å². The molecular formula is C27H31ClFN5O3S. The van der Waals surface area contributed by atoms with Crippen molar-refractivity contribution in [3.63, 3.8) is 0 Å². The second kappa shape index (κ2) is 11.7. The van der Waals surface area contributed by atoms with Crippen molar-refractivity contribution in [1.29, 1.82) is 0 Å². The van der Waals surface area contributed by atoms with Gasteiger partial charge in [-0.15, -0.1) is 0 Å². The van der Waals surface area contributed by atoms with E-state index >= 15 is 0 Å². The van der Waals surface area contributed by atoms with E-state index in [1.165, 1.54) is 29.8 Å². The van der Waals surface area contributed by atoms with E-state index in [0.717, 1.165) is 24.9 Å². The van der Waals surface area contributed by atoms with Crippen molar-refractivity contribution < 1.29 is 13.9 Å². The summed E-state index contributed by atoms with van der Waals surface area (Å²) in [6, 6.07) is 9.95. The highest BCUT2D eigenvalue weighted by molar-refractivity contribution is 7.98. The first-order valence-corrected chi connectivity index (χ1v) is 13.4. The summed E-state index contributed by atoms with van der Waals surface area (Å²) in [6.45, 7) is 6.20. The van der Waals surface area contributed by atoms with Gasteiger partial charge in [0, 0.05) is 31.8 Å². The molecule has 0 radical (unpaired) electrons. The zero-order valence-corrected chi connectivity index (χ0v) is 23.5. The zero-order chi connectivity index (χ0) is 27.6. The number of hydrogen-bond acceptors (Lipinski definition) is 7. The number of carbonyl (C=O) groups excluding carboxylic acids is 1. The molecule has 4 rings (SSSR count). The molecule has 1 heterocycles. The molecular weight excluding hydrogens is 529 g/mol. The maximum atomic E-state index is 14.8. The Morgan fingerprint density at radius 2 is 1.97 bits per heavy atom. The van der Waals surface area contributed by atoms with Crippen LogP contribution in [0.1, 0.15) is 41.3 Å². The number of hydrogen-bond donors (Lipinski definition) is 3. The minimum Gasteiger partial charge on any atom is -0.454 e. The van der Waals surface area contributed by atoms with Crippen LogP contribution in [0.3, 0.4) is 0 Å². The van der Waals surface area contributed by atoms with E-state index in [9.17, 15) is 14.0 Å². The number of carbonyl (C=O) groups is 1. The maximum absolute atomic E-state index is 14.8. The molecule has 0 aliphatic heterocycles. The van der Waals surface area contributed by atoms with E-state index in [1.807, 2.05) is 18.3 Å². The summed E-state index contributed by atoms with van der Waals surface area (Å²) in [5.41, 5.74) is 1.39. The summed E-state index contributed by atoms with van der Waals surface area (Å²) < 4.78 is 27.5. The fourth-order valence-corrected chi connectivity index (χ4v) is 4.52. The Morgan fingerprint density at radius 3 is 2.63 bits per heavy atom. The average Bonchev–Trinajstić information content (AvgIpc) is 3.70. The number of aromatic nitrogens is 1. The molecule has 0 unspecified atom stereocenters. The molecule has 8 nitrogen and oxygen atoms in total. The van der Waals surface area contributed by atoms with Crippen LogP contribution >= 0.6 is 23.7 Å². The van der Waals surface area contributed by atoms with Gasteiger partial charge in [0.15, 0.2) is 5.75 Å². The van der Waals surface area contributed by atoms with Crippen LogP contribution in [0.2, 0.25) is 5.02 Å². The number of pyridine rings is 1. The van der Waals surface area contributed by atoms with Gasteiger partial charge in [0.1, 0.15) is 28.0 Å². The highest BCUT2D eigenvalue weighted by Crippen LogP contribution is 2.40. The third-order valence-corrected chi connectivity index (χ3v) is 7.49. The predicted octanol–water partition coefficient (Wildman–Crippen LogP) is 6.15. The van der Waals surface area contributed by atoms with Gasteiger partial charge in [-0.3, -0.25) is 14.2 Å². The molecule has 11 heteroatoms. The largest absolute Gasteiger partial charge is 0.454 e. The van der Waals surface area contributed by atoms with Crippen molar-refractivity contribution in [2.24, 2.45) is 7.05 Å². The number of rotatable bonds is 10. The standard InChI is InChI=1S/C27H31ClFN5O3S/c1-6-33(4)38-32-20-8-7-9-21(23(20)28)37-24-16(3)27(36)34(5)25(22(24)26(35)30-17-11-12-17)31-19-13-10-15(2)14-18(19)29/h7-10,13-14,17,31-32H,6,11-12H2,1-5H3,(H,30,35). The molecule has 3 aromatic rings. The van der Waals surface area contributed by atoms with Crippen LogP contribution in [-0.4, -0.2) is 34.4 Å². The predicted molar refractivity (Wildman–Crippen MR) is 152 cm³/mol. The first-order chi connectivity index (χ1) is 18.1. The number of anilines is 3. The number of ether oxygens (including phenoxy) is 1. The van der Waals surface area contributed by atoms with Crippen molar-refractivity contribution in [2.45, 2.75) is 39.7 Å². The second-order valence-corrected chi connectivity index (χ2v) is 10.6. The lowest BCUT2D eigenvalue weighted by Crippen LogP contribution is -2.31. The van der Waals surface area contributed by atoms with E-state index in [-0.39, 0.29) is 45.2 Å². The van der Waals surface area contributed by atoms with Crippen molar-refractivity contribution in [3.8, 4) is 11.5 Å². The quantitative estimate of drug-likeness (QED) is 0.257. The van der Waals surface area contributed by atoms with Gasteiger partial charge in [0.05, 0.1) is 16.9 Å². The Balaban J connectivity index is 1.82. The molecule has 0 saturated heterocycles. The van der Waals surface area contributed by atoms with Crippen LogP contribution in [0, 0.1) is 19.7 Å². The minimum atomic E-state index is -0.509. The van der Waals surface area contributed by atoms with E-state index in [2.05, 4.69) is 15.4 Å². The summed E-state index contributed by atoms with van der Waals surface area (Å²) in [5, 5.41) is 6.22. The van der Waals surface area contributed by atoms with Crippen molar-refractivity contribution in [3.05, 3.63) is 74.3 Å². The lowest BCUT2D eigenvalue weighted by atomic mass is 10.1.